The SMILES string of the molecule is C=CCNC(=O)NC(=O)COC(=O)c1c2c(nc3ccccc13)/C(=C/c1ccc(OC)cc1)CC2. The van der Waals surface area contributed by atoms with Crippen molar-refractivity contribution in [1.82, 2.24) is 15.6 Å². The van der Waals surface area contributed by atoms with Gasteiger partial charge in [-0.2, -0.15) is 0 Å². The van der Waals surface area contributed by atoms with E-state index in [0.29, 0.717) is 22.9 Å². The molecule has 0 bridgehead atoms. The molecule has 8 nitrogen and oxygen atoms in total. The topological polar surface area (TPSA) is 107 Å². The fraction of sp³-hybridized carbons (Fsp3) is 0.185. The number of rotatable bonds is 7. The maximum atomic E-state index is 13.1. The molecule has 0 saturated carbocycles. The van der Waals surface area contributed by atoms with Crippen molar-refractivity contribution in [2.24, 2.45) is 0 Å². The standard InChI is InChI=1S/C27H25N3O5/c1-3-14-28-27(33)30-23(31)16-35-26(32)24-20-6-4-5-7-22(20)29-25-18(10-13-21(24)25)15-17-8-11-19(34-2)12-9-17/h3-9,11-12,15H,1,10,13-14,16H2,2H3,(H2,28,30,31,33)/b18-15+. The number of hydrogen-bond donors (Lipinski definition) is 2. The first kappa shape index (κ1) is 23.7. The number of urea groups is 1. The van der Waals surface area contributed by atoms with E-state index in [-0.39, 0.29) is 6.54 Å². The molecule has 1 aliphatic carbocycles. The van der Waals surface area contributed by atoms with Gasteiger partial charge in [-0.15, -0.1) is 6.58 Å². The third kappa shape index (κ3) is 5.38. The van der Waals surface area contributed by atoms with Gasteiger partial charge >= 0.3 is 12.0 Å². The number of nitrogens with zero attached hydrogens (tertiary/aromatic N) is 1. The Bertz CT molecular complexity index is 1330. The zero-order valence-electron chi connectivity index (χ0n) is 19.3. The van der Waals surface area contributed by atoms with Crippen LogP contribution in [-0.4, -0.2) is 43.2 Å². The first-order chi connectivity index (χ1) is 17.0. The molecule has 8 heteroatoms. The van der Waals surface area contributed by atoms with E-state index < -0.39 is 24.5 Å². The van der Waals surface area contributed by atoms with E-state index in [1.807, 2.05) is 48.5 Å². The van der Waals surface area contributed by atoms with Crippen LogP contribution < -0.4 is 15.4 Å². The lowest BCUT2D eigenvalue weighted by Gasteiger charge is -2.12. The van der Waals surface area contributed by atoms with Crippen LogP contribution in [-0.2, 0) is 16.0 Å². The minimum atomic E-state index is -0.727. The van der Waals surface area contributed by atoms with Crippen molar-refractivity contribution in [3.8, 4) is 5.75 Å². The number of methoxy groups -OCH3 is 1. The van der Waals surface area contributed by atoms with Gasteiger partial charge in [0.2, 0.25) is 0 Å². The van der Waals surface area contributed by atoms with Gasteiger partial charge in [-0.05, 0) is 53.8 Å². The van der Waals surface area contributed by atoms with E-state index in [0.717, 1.165) is 34.6 Å². The maximum absolute atomic E-state index is 13.1. The zero-order chi connectivity index (χ0) is 24.8. The lowest BCUT2D eigenvalue weighted by Crippen LogP contribution is -2.41. The molecule has 0 radical (unpaired) electrons. The molecule has 1 aliphatic rings. The molecule has 178 valence electrons. The second-order valence-electron chi connectivity index (χ2n) is 7.90. The Morgan fingerprint density at radius 2 is 1.86 bits per heavy atom. The highest BCUT2D eigenvalue weighted by Gasteiger charge is 2.28. The fourth-order valence-corrected chi connectivity index (χ4v) is 3.99. The van der Waals surface area contributed by atoms with Crippen molar-refractivity contribution in [2.75, 3.05) is 20.3 Å². The minimum absolute atomic E-state index is 0.209. The number of aromatic nitrogens is 1. The number of carbonyl (C=O) groups excluding carboxylic acids is 3. The summed E-state index contributed by atoms with van der Waals surface area (Å²) in [6.07, 6.45) is 4.87. The molecule has 1 aromatic heterocycles. The number of pyridine rings is 1. The number of ether oxygens (including phenoxy) is 2. The number of amides is 3. The number of imide groups is 1. The van der Waals surface area contributed by atoms with Gasteiger partial charge in [0.25, 0.3) is 5.91 Å². The molecular weight excluding hydrogens is 446 g/mol. The van der Waals surface area contributed by atoms with Crippen LogP contribution in [0.2, 0.25) is 0 Å². The summed E-state index contributed by atoms with van der Waals surface area (Å²) in [6.45, 7) is 3.11. The molecule has 0 atom stereocenters. The monoisotopic (exact) mass is 471 g/mol. The van der Waals surface area contributed by atoms with Crippen LogP contribution in [0.1, 0.15) is 33.6 Å². The summed E-state index contributed by atoms with van der Waals surface area (Å²) in [5.74, 6) is -0.586. The molecule has 0 spiro atoms. The highest BCUT2D eigenvalue weighted by Crippen LogP contribution is 2.37. The van der Waals surface area contributed by atoms with E-state index in [2.05, 4.69) is 23.3 Å². The smallest absolute Gasteiger partial charge is 0.339 e. The van der Waals surface area contributed by atoms with Crippen LogP contribution in [0.25, 0.3) is 22.6 Å². The predicted molar refractivity (Wildman–Crippen MR) is 133 cm³/mol. The van der Waals surface area contributed by atoms with Crippen molar-refractivity contribution in [3.63, 3.8) is 0 Å². The Hall–Kier alpha value is -4.46. The third-order valence-electron chi connectivity index (χ3n) is 5.60. The molecule has 35 heavy (non-hydrogen) atoms. The quantitative estimate of drug-likeness (QED) is 0.400. The zero-order valence-corrected chi connectivity index (χ0v) is 19.3. The lowest BCUT2D eigenvalue weighted by molar-refractivity contribution is -0.123. The first-order valence-corrected chi connectivity index (χ1v) is 11.1. The third-order valence-corrected chi connectivity index (χ3v) is 5.60. The fourth-order valence-electron chi connectivity index (χ4n) is 3.99. The highest BCUT2D eigenvalue weighted by molar-refractivity contribution is 6.08. The largest absolute Gasteiger partial charge is 0.497 e. The van der Waals surface area contributed by atoms with Crippen molar-refractivity contribution < 1.29 is 23.9 Å². The van der Waals surface area contributed by atoms with Crippen LogP contribution in [0.4, 0.5) is 4.79 Å². The van der Waals surface area contributed by atoms with Crippen molar-refractivity contribution >= 4 is 40.5 Å². The van der Waals surface area contributed by atoms with Gasteiger partial charge in [0.1, 0.15) is 5.75 Å². The van der Waals surface area contributed by atoms with Gasteiger partial charge in [0.05, 0.1) is 23.9 Å². The number of allylic oxidation sites excluding steroid dienone is 1. The average Bonchev–Trinajstić information content (AvgIpc) is 3.26. The Kier molecular flexibility index (Phi) is 7.21. The van der Waals surface area contributed by atoms with Crippen LogP contribution in [0, 0.1) is 0 Å². The van der Waals surface area contributed by atoms with Crippen molar-refractivity contribution in [1.29, 1.82) is 0 Å². The van der Waals surface area contributed by atoms with Crippen LogP contribution in [0.15, 0.2) is 61.2 Å². The molecule has 0 fully saturated rings. The molecule has 4 rings (SSSR count). The summed E-state index contributed by atoms with van der Waals surface area (Å²) in [6, 6.07) is 14.4. The Morgan fingerprint density at radius 3 is 2.60 bits per heavy atom. The second-order valence-corrected chi connectivity index (χ2v) is 7.90. The van der Waals surface area contributed by atoms with Crippen LogP contribution >= 0.6 is 0 Å². The lowest BCUT2D eigenvalue weighted by atomic mass is 10.0. The molecule has 0 saturated heterocycles. The normalized spacial score (nSPS) is 13.2. The summed E-state index contributed by atoms with van der Waals surface area (Å²) in [5, 5.41) is 5.19. The van der Waals surface area contributed by atoms with Gasteiger partial charge in [-0.3, -0.25) is 10.1 Å². The minimum Gasteiger partial charge on any atom is -0.497 e. The molecular formula is C27H25N3O5. The van der Waals surface area contributed by atoms with Gasteiger partial charge < -0.3 is 14.8 Å². The first-order valence-electron chi connectivity index (χ1n) is 11.1. The van der Waals surface area contributed by atoms with E-state index in [9.17, 15) is 14.4 Å². The summed E-state index contributed by atoms with van der Waals surface area (Å²) >= 11 is 0. The number of nitrogens with one attached hydrogen (secondary N) is 2. The Morgan fingerprint density at radius 1 is 1.09 bits per heavy atom. The molecule has 2 N–H and O–H groups in total. The highest BCUT2D eigenvalue weighted by atomic mass is 16.5. The van der Waals surface area contributed by atoms with Crippen molar-refractivity contribution in [3.05, 3.63) is 83.6 Å². The number of fused-ring (bicyclic) bond motifs is 2. The number of benzene rings is 2. The summed E-state index contributed by atoms with van der Waals surface area (Å²) < 4.78 is 10.5. The number of carbonyl (C=O) groups is 3. The summed E-state index contributed by atoms with van der Waals surface area (Å²) in [4.78, 5) is 41.6. The summed E-state index contributed by atoms with van der Waals surface area (Å²) in [7, 11) is 1.62. The number of hydrogen-bond acceptors (Lipinski definition) is 6. The Balaban J connectivity index is 1.60. The number of para-hydroxylation sites is 1. The van der Waals surface area contributed by atoms with Crippen LogP contribution in [0.5, 0.6) is 5.75 Å². The molecule has 3 aromatic rings. The Labute approximate surface area is 202 Å². The molecule has 2 aromatic carbocycles. The molecule has 0 aliphatic heterocycles. The van der Waals surface area contributed by atoms with E-state index in [1.54, 1.807) is 7.11 Å². The second kappa shape index (κ2) is 10.6. The molecule has 3 amide bonds. The van der Waals surface area contributed by atoms with E-state index in [1.165, 1.54) is 6.08 Å². The van der Waals surface area contributed by atoms with Crippen LogP contribution in [0.3, 0.4) is 0 Å². The molecule has 0 unspecified atom stereocenters. The van der Waals surface area contributed by atoms with E-state index in [4.69, 9.17) is 14.5 Å². The maximum Gasteiger partial charge on any atom is 0.339 e. The van der Waals surface area contributed by atoms with Gasteiger partial charge in [-0.1, -0.05) is 36.4 Å². The van der Waals surface area contributed by atoms with Gasteiger partial charge in [0, 0.05) is 11.9 Å². The average molecular weight is 472 g/mol. The predicted octanol–water partition coefficient (Wildman–Crippen LogP) is 3.90. The van der Waals surface area contributed by atoms with Gasteiger partial charge in [0.15, 0.2) is 6.61 Å². The summed E-state index contributed by atoms with van der Waals surface area (Å²) in [5.41, 5.74) is 4.61. The number of esters is 1. The van der Waals surface area contributed by atoms with E-state index >= 15 is 0 Å². The molecule has 1 heterocycles. The van der Waals surface area contributed by atoms with Gasteiger partial charge in [-0.25, -0.2) is 14.6 Å². The van der Waals surface area contributed by atoms with Crippen molar-refractivity contribution in [2.45, 2.75) is 12.8 Å².